The first-order chi connectivity index (χ1) is 6.34. The monoisotopic (exact) mass is 284 g/mol. The minimum atomic E-state index is 0.851. The van der Waals surface area contributed by atoms with Crippen molar-refractivity contribution in [2.75, 3.05) is 0 Å². The Morgan fingerprint density at radius 1 is 1.15 bits per heavy atom. The Balaban J connectivity index is 2.15. The molecular weight excluding hydrogens is 275 g/mol. The van der Waals surface area contributed by atoms with E-state index in [-0.39, 0.29) is 0 Å². The third-order valence-corrected chi connectivity index (χ3v) is 2.37. The molecular formula is C10H9IN2. The zero-order chi connectivity index (χ0) is 9.10. The molecule has 1 heterocycles. The van der Waals surface area contributed by atoms with E-state index in [1.165, 1.54) is 5.56 Å². The molecule has 0 aliphatic carbocycles. The van der Waals surface area contributed by atoms with Crippen LogP contribution in [0.25, 0.3) is 0 Å². The molecule has 0 aliphatic heterocycles. The number of aromatic nitrogens is 2. The van der Waals surface area contributed by atoms with E-state index in [2.05, 4.69) is 39.8 Å². The van der Waals surface area contributed by atoms with Gasteiger partial charge in [0, 0.05) is 6.20 Å². The Labute approximate surface area is 90.7 Å². The van der Waals surface area contributed by atoms with E-state index in [1.54, 1.807) is 0 Å². The predicted molar refractivity (Wildman–Crippen MR) is 60.5 cm³/mol. The van der Waals surface area contributed by atoms with E-state index >= 15 is 0 Å². The van der Waals surface area contributed by atoms with Gasteiger partial charge >= 0.3 is 0 Å². The molecule has 0 bridgehead atoms. The quantitative estimate of drug-likeness (QED) is 0.775. The Morgan fingerprint density at radius 3 is 2.54 bits per heavy atom. The molecule has 2 rings (SSSR count). The third-order valence-electron chi connectivity index (χ3n) is 1.80. The van der Waals surface area contributed by atoms with Crippen molar-refractivity contribution in [1.82, 2.24) is 9.78 Å². The Bertz CT molecular complexity index is 381. The molecule has 2 aromatic rings. The number of hydrogen-bond donors (Lipinski definition) is 0. The molecule has 0 fully saturated rings. The van der Waals surface area contributed by atoms with Gasteiger partial charge in [0.2, 0.25) is 0 Å². The molecule has 66 valence electrons. The lowest BCUT2D eigenvalue weighted by atomic mass is 10.2. The van der Waals surface area contributed by atoms with Crippen LogP contribution >= 0.6 is 22.6 Å². The first kappa shape index (κ1) is 8.74. The van der Waals surface area contributed by atoms with Crippen molar-refractivity contribution in [2.45, 2.75) is 6.54 Å². The minimum Gasteiger partial charge on any atom is -0.267 e. The molecule has 1 aromatic carbocycles. The fraction of sp³-hybridized carbons (Fsp3) is 0.100. The van der Waals surface area contributed by atoms with Crippen LogP contribution in [0.4, 0.5) is 0 Å². The second-order valence-electron chi connectivity index (χ2n) is 2.82. The van der Waals surface area contributed by atoms with Gasteiger partial charge in [-0.1, -0.05) is 30.3 Å². The van der Waals surface area contributed by atoms with Gasteiger partial charge in [-0.25, -0.2) is 0 Å². The standard InChI is InChI=1S/C10H9IN2/c11-10-6-7-13(12-10)8-9-4-2-1-3-5-9/h1-7H,8H2. The van der Waals surface area contributed by atoms with E-state index in [1.807, 2.05) is 35.1 Å². The summed E-state index contributed by atoms with van der Waals surface area (Å²) in [5.74, 6) is 0. The molecule has 0 aliphatic rings. The van der Waals surface area contributed by atoms with E-state index in [9.17, 15) is 0 Å². The number of benzene rings is 1. The summed E-state index contributed by atoms with van der Waals surface area (Å²) in [6, 6.07) is 12.3. The number of nitrogens with zero attached hydrogens (tertiary/aromatic N) is 2. The fourth-order valence-corrected chi connectivity index (χ4v) is 1.63. The van der Waals surface area contributed by atoms with Gasteiger partial charge in [-0.05, 0) is 34.2 Å². The maximum absolute atomic E-state index is 4.31. The number of hydrogen-bond acceptors (Lipinski definition) is 1. The van der Waals surface area contributed by atoms with Crippen LogP contribution in [-0.4, -0.2) is 9.78 Å². The predicted octanol–water partition coefficient (Wildman–Crippen LogP) is 2.54. The third kappa shape index (κ3) is 2.30. The second kappa shape index (κ2) is 3.91. The summed E-state index contributed by atoms with van der Waals surface area (Å²) < 4.78 is 2.98. The lowest BCUT2D eigenvalue weighted by Gasteiger charge is -2.00. The smallest absolute Gasteiger partial charge is 0.123 e. The van der Waals surface area contributed by atoms with E-state index in [4.69, 9.17) is 0 Å². The lowest BCUT2D eigenvalue weighted by Crippen LogP contribution is -1.99. The molecule has 0 saturated carbocycles. The second-order valence-corrected chi connectivity index (χ2v) is 3.93. The average Bonchev–Trinajstić information content (AvgIpc) is 2.53. The van der Waals surface area contributed by atoms with Gasteiger partial charge in [-0.3, -0.25) is 4.68 Å². The van der Waals surface area contributed by atoms with Crippen molar-refractivity contribution in [2.24, 2.45) is 0 Å². The molecule has 0 unspecified atom stereocenters. The maximum Gasteiger partial charge on any atom is 0.123 e. The molecule has 1 aromatic heterocycles. The Hall–Kier alpha value is -0.840. The molecule has 0 amide bonds. The minimum absolute atomic E-state index is 0.851. The van der Waals surface area contributed by atoms with E-state index < -0.39 is 0 Å². The molecule has 0 N–H and O–H groups in total. The summed E-state index contributed by atoms with van der Waals surface area (Å²) in [7, 11) is 0. The zero-order valence-corrected chi connectivity index (χ0v) is 9.18. The summed E-state index contributed by atoms with van der Waals surface area (Å²) in [5, 5.41) is 4.31. The highest BCUT2D eigenvalue weighted by atomic mass is 127. The van der Waals surface area contributed by atoms with Crippen molar-refractivity contribution < 1.29 is 0 Å². The SMILES string of the molecule is Ic1ccn(Cc2ccccc2)n1. The van der Waals surface area contributed by atoms with Gasteiger partial charge < -0.3 is 0 Å². The van der Waals surface area contributed by atoms with Crippen LogP contribution in [0.3, 0.4) is 0 Å². The van der Waals surface area contributed by atoms with Crippen molar-refractivity contribution in [3.8, 4) is 0 Å². The van der Waals surface area contributed by atoms with Gasteiger partial charge in [0.1, 0.15) is 3.70 Å². The molecule has 3 heteroatoms. The molecule has 13 heavy (non-hydrogen) atoms. The van der Waals surface area contributed by atoms with Crippen LogP contribution in [0.15, 0.2) is 42.6 Å². The largest absolute Gasteiger partial charge is 0.267 e. The maximum atomic E-state index is 4.31. The van der Waals surface area contributed by atoms with Crippen molar-refractivity contribution in [1.29, 1.82) is 0 Å². The highest BCUT2D eigenvalue weighted by Crippen LogP contribution is 2.04. The highest BCUT2D eigenvalue weighted by molar-refractivity contribution is 14.1. The van der Waals surface area contributed by atoms with Crippen LogP contribution in [0, 0.1) is 3.70 Å². The van der Waals surface area contributed by atoms with Crippen molar-refractivity contribution >= 4 is 22.6 Å². The van der Waals surface area contributed by atoms with E-state index in [0.717, 1.165) is 10.2 Å². The van der Waals surface area contributed by atoms with Crippen molar-refractivity contribution in [3.05, 3.63) is 51.9 Å². The summed E-state index contributed by atoms with van der Waals surface area (Å²) in [6.45, 7) is 0.851. The van der Waals surface area contributed by atoms with Gasteiger partial charge in [0.15, 0.2) is 0 Å². The topological polar surface area (TPSA) is 17.8 Å². The first-order valence-electron chi connectivity index (χ1n) is 4.07. The summed E-state index contributed by atoms with van der Waals surface area (Å²) >= 11 is 2.21. The van der Waals surface area contributed by atoms with Gasteiger partial charge in [-0.2, -0.15) is 5.10 Å². The lowest BCUT2D eigenvalue weighted by molar-refractivity contribution is 0.681. The highest BCUT2D eigenvalue weighted by Gasteiger charge is 1.95. The van der Waals surface area contributed by atoms with Crippen LogP contribution in [0.2, 0.25) is 0 Å². The van der Waals surface area contributed by atoms with Gasteiger partial charge in [0.25, 0.3) is 0 Å². The zero-order valence-electron chi connectivity index (χ0n) is 7.02. The average molecular weight is 284 g/mol. The van der Waals surface area contributed by atoms with Gasteiger partial charge in [-0.15, -0.1) is 0 Å². The molecule has 0 spiro atoms. The van der Waals surface area contributed by atoms with Gasteiger partial charge in [0.05, 0.1) is 6.54 Å². The Kier molecular flexibility index (Phi) is 2.63. The summed E-state index contributed by atoms with van der Waals surface area (Å²) in [4.78, 5) is 0. The van der Waals surface area contributed by atoms with E-state index in [0.29, 0.717) is 0 Å². The number of halogens is 1. The number of rotatable bonds is 2. The molecule has 0 saturated heterocycles. The summed E-state index contributed by atoms with van der Waals surface area (Å²) in [5.41, 5.74) is 1.28. The van der Waals surface area contributed by atoms with Crippen LogP contribution in [-0.2, 0) is 6.54 Å². The van der Waals surface area contributed by atoms with Crippen LogP contribution in [0.1, 0.15) is 5.56 Å². The first-order valence-corrected chi connectivity index (χ1v) is 5.15. The summed E-state index contributed by atoms with van der Waals surface area (Å²) in [6.07, 6.45) is 1.99. The van der Waals surface area contributed by atoms with Crippen molar-refractivity contribution in [3.63, 3.8) is 0 Å². The normalized spacial score (nSPS) is 10.2. The molecule has 0 radical (unpaired) electrons. The van der Waals surface area contributed by atoms with Crippen LogP contribution in [0.5, 0.6) is 0 Å². The fourth-order valence-electron chi connectivity index (χ4n) is 1.20. The molecule has 0 atom stereocenters. The molecule has 2 nitrogen and oxygen atoms in total. The van der Waals surface area contributed by atoms with Crippen LogP contribution < -0.4 is 0 Å². The Morgan fingerprint density at radius 2 is 1.92 bits per heavy atom.